The van der Waals surface area contributed by atoms with Crippen LogP contribution >= 0.6 is 27.5 Å². The Morgan fingerprint density at radius 2 is 1.67 bits per heavy atom. The van der Waals surface area contributed by atoms with Gasteiger partial charge in [-0.3, -0.25) is 0 Å². The zero-order valence-corrected chi connectivity index (χ0v) is 20.7. The Hall–Kier alpha value is -2.81. The predicted molar refractivity (Wildman–Crippen MR) is 131 cm³/mol. The van der Waals surface area contributed by atoms with Crippen molar-refractivity contribution in [2.24, 2.45) is 0 Å². The number of rotatable bonds is 8. The molecule has 6 nitrogen and oxygen atoms in total. The van der Waals surface area contributed by atoms with Crippen LogP contribution in [0.15, 0.2) is 91.6 Å². The summed E-state index contributed by atoms with van der Waals surface area (Å²) in [7, 11) is -3.94. The summed E-state index contributed by atoms with van der Waals surface area (Å²) in [5.41, 5.74) is 1.54. The number of halogens is 2. The van der Waals surface area contributed by atoms with Crippen LogP contribution < -0.4 is 10.1 Å². The number of anilines is 1. The van der Waals surface area contributed by atoms with Crippen LogP contribution in [0.25, 0.3) is 11.5 Å². The summed E-state index contributed by atoms with van der Waals surface area (Å²) in [6.07, 6.45) is 0. The van der Waals surface area contributed by atoms with E-state index in [2.05, 4.69) is 26.2 Å². The minimum Gasteiger partial charge on any atom is -0.494 e. The molecule has 170 valence electrons. The molecule has 4 rings (SSSR count). The Kier molecular flexibility index (Phi) is 7.07. The smallest absolute Gasteiger partial charge is 0.234 e. The van der Waals surface area contributed by atoms with Crippen molar-refractivity contribution in [3.05, 3.63) is 87.9 Å². The minimum absolute atomic E-state index is 0.0664. The van der Waals surface area contributed by atoms with E-state index in [0.717, 1.165) is 10.0 Å². The third-order valence-corrected chi connectivity index (χ3v) is 7.21. The van der Waals surface area contributed by atoms with Gasteiger partial charge in [0, 0.05) is 21.6 Å². The maximum Gasteiger partial charge on any atom is 0.234 e. The quantitative estimate of drug-likeness (QED) is 0.268. The van der Waals surface area contributed by atoms with Crippen molar-refractivity contribution in [2.75, 3.05) is 11.9 Å². The lowest BCUT2D eigenvalue weighted by molar-refractivity contribution is 0.340. The van der Waals surface area contributed by atoms with E-state index < -0.39 is 9.84 Å². The van der Waals surface area contributed by atoms with Crippen molar-refractivity contribution in [2.45, 2.75) is 23.4 Å². The molecule has 4 aromatic rings. The maximum atomic E-state index is 13.4. The summed E-state index contributed by atoms with van der Waals surface area (Å²) in [4.78, 5) is 4.48. The molecule has 1 aromatic heterocycles. The molecule has 1 N–H and O–H groups in total. The number of ether oxygens (including phenoxy) is 1. The Morgan fingerprint density at radius 3 is 2.30 bits per heavy atom. The van der Waals surface area contributed by atoms with E-state index in [-0.39, 0.29) is 21.7 Å². The third kappa shape index (κ3) is 5.40. The van der Waals surface area contributed by atoms with Gasteiger partial charge in [-0.1, -0.05) is 39.7 Å². The van der Waals surface area contributed by atoms with E-state index in [4.69, 9.17) is 20.8 Å². The number of aromatic nitrogens is 1. The first-order valence-corrected chi connectivity index (χ1v) is 12.8. The van der Waals surface area contributed by atoms with Gasteiger partial charge < -0.3 is 14.5 Å². The van der Waals surface area contributed by atoms with Gasteiger partial charge in [0.1, 0.15) is 5.75 Å². The standard InChI is InChI=1S/C24H20BrClN2O4S/c1-2-31-20-11-5-17(6-12-20)22-28-24(33(29,30)21-13-7-18(25)8-14-21)23(32-22)27-15-16-3-9-19(26)10-4-16/h3-14,27H,2,15H2,1H3. The van der Waals surface area contributed by atoms with Gasteiger partial charge in [-0.25, -0.2) is 8.42 Å². The average Bonchev–Trinajstić information content (AvgIpc) is 3.25. The highest BCUT2D eigenvalue weighted by atomic mass is 79.9. The number of nitrogens with one attached hydrogen (secondary N) is 1. The molecule has 1 heterocycles. The fourth-order valence-electron chi connectivity index (χ4n) is 3.09. The van der Waals surface area contributed by atoms with Crippen LogP contribution in [0.1, 0.15) is 12.5 Å². The second kappa shape index (κ2) is 9.99. The van der Waals surface area contributed by atoms with Crippen LogP contribution in [0.2, 0.25) is 5.02 Å². The molecule has 3 aromatic carbocycles. The van der Waals surface area contributed by atoms with Gasteiger partial charge in [-0.2, -0.15) is 4.98 Å². The second-order valence-electron chi connectivity index (χ2n) is 7.05. The molecule has 0 saturated heterocycles. The fraction of sp³-hybridized carbons (Fsp3) is 0.125. The van der Waals surface area contributed by atoms with Crippen molar-refractivity contribution in [3.8, 4) is 17.2 Å². The molecule has 0 unspecified atom stereocenters. The zero-order valence-electron chi connectivity index (χ0n) is 17.6. The fourth-order valence-corrected chi connectivity index (χ4v) is 4.76. The topological polar surface area (TPSA) is 81.4 Å². The summed E-state index contributed by atoms with van der Waals surface area (Å²) < 4.78 is 38.9. The number of hydrogen-bond donors (Lipinski definition) is 1. The van der Waals surface area contributed by atoms with Gasteiger partial charge in [0.05, 0.1) is 11.5 Å². The molecule has 0 aliphatic heterocycles. The number of oxazole rings is 1. The van der Waals surface area contributed by atoms with Crippen LogP contribution in [-0.2, 0) is 16.4 Å². The average molecular weight is 548 g/mol. The van der Waals surface area contributed by atoms with Crippen molar-refractivity contribution >= 4 is 43.3 Å². The van der Waals surface area contributed by atoms with Gasteiger partial charge in [-0.05, 0) is 73.2 Å². The lowest BCUT2D eigenvalue weighted by Crippen LogP contribution is -2.07. The molecular weight excluding hydrogens is 528 g/mol. The molecule has 0 bridgehead atoms. The van der Waals surface area contributed by atoms with Crippen molar-refractivity contribution in [1.29, 1.82) is 0 Å². The molecule has 0 atom stereocenters. The van der Waals surface area contributed by atoms with Gasteiger partial charge in [0.2, 0.25) is 26.6 Å². The lowest BCUT2D eigenvalue weighted by atomic mass is 10.2. The zero-order chi connectivity index (χ0) is 23.4. The normalized spacial score (nSPS) is 11.4. The van der Waals surface area contributed by atoms with E-state index in [9.17, 15) is 8.42 Å². The Bertz CT molecular complexity index is 1340. The summed E-state index contributed by atoms with van der Waals surface area (Å²) >= 11 is 9.28. The highest BCUT2D eigenvalue weighted by molar-refractivity contribution is 9.10. The summed E-state index contributed by atoms with van der Waals surface area (Å²) in [6.45, 7) is 2.78. The molecule has 0 aliphatic rings. The molecule has 0 aliphatic carbocycles. The van der Waals surface area contributed by atoms with E-state index in [1.807, 2.05) is 19.1 Å². The number of sulfone groups is 1. The minimum atomic E-state index is -3.94. The number of hydrogen-bond acceptors (Lipinski definition) is 6. The molecule has 9 heteroatoms. The number of benzene rings is 3. The summed E-state index contributed by atoms with van der Waals surface area (Å²) in [5, 5.41) is 3.51. The molecule has 0 amide bonds. The molecule has 0 spiro atoms. The van der Waals surface area contributed by atoms with E-state index in [1.54, 1.807) is 48.5 Å². The molecule has 33 heavy (non-hydrogen) atoms. The van der Waals surface area contributed by atoms with Crippen LogP contribution in [0.5, 0.6) is 5.75 Å². The number of nitrogens with zero attached hydrogens (tertiary/aromatic N) is 1. The van der Waals surface area contributed by atoms with Gasteiger partial charge in [-0.15, -0.1) is 0 Å². The first-order chi connectivity index (χ1) is 15.9. The largest absolute Gasteiger partial charge is 0.494 e. The molecule has 0 fully saturated rings. The SMILES string of the molecule is CCOc1ccc(-c2nc(S(=O)(=O)c3ccc(Br)cc3)c(NCc3ccc(Cl)cc3)o2)cc1. The lowest BCUT2D eigenvalue weighted by Gasteiger charge is -2.07. The van der Waals surface area contributed by atoms with Crippen molar-refractivity contribution in [1.82, 2.24) is 4.98 Å². The van der Waals surface area contributed by atoms with Gasteiger partial charge >= 0.3 is 0 Å². The van der Waals surface area contributed by atoms with Gasteiger partial charge in [0.25, 0.3) is 0 Å². The van der Waals surface area contributed by atoms with Gasteiger partial charge in [0.15, 0.2) is 0 Å². The summed E-state index contributed by atoms with van der Waals surface area (Å²) in [5.74, 6) is 0.959. The van der Waals surface area contributed by atoms with Crippen LogP contribution in [0.4, 0.5) is 5.88 Å². The maximum absolute atomic E-state index is 13.4. The van der Waals surface area contributed by atoms with Crippen molar-refractivity contribution in [3.63, 3.8) is 0 Å². The monoisotopic (exact) mass is 546 g/mol. The van der Waals surface area contributed by atoms with Crippen LogP contribution in [0, 0.1) is 0 Å². The Balaban J connectivity index is 1.72. The Morgan fingerprint density at radius 1 is 1.00 bits per heavy atom. The molecular formula is C24H20BrClN2O4S. The van der Waals surface area contributed by atoms with E-state index in [1.165, 1.54) is 12.1 Å². The van der Waals surface area contributed by atoms with Crippen LogP contribution in [-0.4, -0.2) is 20.0 Å². The second-order valence-corrected chi connectivity index (χ2v) is 10.3. The Labute approximate surface area is 205 Å². The first-order valence-electron chi connectivity index (χ1n) is 10.1. The van der Waals surface area contributed by atoms with Crippen molar-refractivity contribution < 1.29 is 17.6 Å². The van der Waals surface area contributed by atoms with E-state index in [0.29, 0.717) is 29.5 Å². The summed E-state index contributed by atoms with van der Waals surface area (Å²) in [6, 6.07) is 20.7. The highest BCUT2D eigenvalue weighted by Gasteiger charge is 2.28. The third-order valence-electron chi connectivity index (χ3n) is 4.75. The predicted octanol–water partition coefficient (Wildman–Crippen LogP) is 6.60. The molecule has 0 radical (unpaired) electrons. The van der Waals surface area contributed by atoms with Crippen LogP contribution in [0.3, 0.4) is 0 Å². The highest BCUT2D eigenvalue weighted by Crippen LogP contribution is 2.33. The first kappa shape index (κ1) is 23.4. The van der Waals surface area contributed by atoms with E-state index >= 15 is 0 Å². The molecule has 0 saturated carbocycles.